The van der Waals surface area contributed by atoms with Gasteiger partial charge in [0.05, 0.1) is 25.4 Å². The molecular weight excluding hydrogens is 484 g/mol. The summed E-state index contributed by atoms with van der Waals surface area (Å²) in [4.78, 5) is 50.5. The Balaban J connectivity index is 1.55. The van der Waals surface area contributed by atoms with Crippen LogP contribution in [0, 0.1) is 34.5 Å². The van der Waals surface area contributed by atoms with Crippen molar-refractivity contribution in [2.75, 3.05) is 14.2 Å². The molecular formula is C31H40O7. The van der Waals surface area contributed by atoms with Crippen molar-refractivity contribution < 1.29 is 33.4 Å². The lowest BCUT2D eigenvalue weighted by atomic mass is 9.47. The van der Waals surface area contributed by atoms with Gasteiger partial charge in [-0.15, -0.1) is 0 Å². The number of hydrogen-bond donors (Lipinski definition) is 0. The SMILES string of the molecule is COC(=O)C1=C(C(=O)OC)[C@@H]2C[C@@H]3[C@H]4CC=C5C[C@@H](OC(C)=O)CC[C@]5(C)[C@@H]4CC[C@]3(C)C2=C(C(C)=O)C1. The van der Waals surface area contributed by atoms with E-state index in [1.807, 2.05) is 0 Å². The number of carbonyl (C=O) groups excluding carboxylic acids is 4. The molecule has 0 aliphatic heterocycles. The van der Waals surface area contributed by atoms with Crippen molar-refractivity contribution in [2.45, 2.75) is 85.2 Å². The maximum Gasteiger partial charge on any atom is 0.334 e. The van der Waals surface area contributed by atoms with Crippen molar-refractivity contribution >= 4 is 23.7 Å². The molecule has 3 saturated carbocycles. The Labute approximate surface area is 225 Å². The van der Waals surface area contributed by atoms with E-state index in [2.05, 4.69) is 19.9 Å². The van der Waals surface area contributed by atoms with Crippen LogP contribution in [0.4, 0.5) is 0 Å². The molecule has 0 aromatic carbocycles. The van der Waals surface area contributed by atoms with Crippen LogP contribution in [-0.2, 0) is 33.4 Å². The third-order valence-corrected chi connectivity index (χ3v) is 10.8. The highest BCUT2D eigenvalue weighted by Crippen LogP contribution is 2.69. The van der Waals surface area contributed by atoms with Crippen LogP contribution in [0.25, 0.3) is 0 Å². The zero-order valence-corrected chi connectivity index (χ0v) is 23.5. The molecule has 5 aliphatic rings. The maximum atomic E-state index is 13.1. The zero-order chi connectivity index (χ0) is 27.6. The lowest BCUT2D eigenvalue weighted by Gasteiger charge is -2.57. The summed E-state index contributed by atoms with van der Waals surface area (Å²) >= 11 is 0. The molecule has 7 atom stereocenters. The average Bonchev–Trinajstić information content (AvgIpc) is 3.19. The van der Waals surface area contributed by atoms with E-state index in [1.165, 1.54) is 26.7 Å². The summed E-state index contributed by atoms with van der Waals surface area (Å²) in [6, 6.07) is 0. The molecule has 7 heteroatoms. The number of allylic oxidation sites excluding steroid dienone is 3. The van der Waals surface area contributed by atoms with E-state index in [1.54, 1.807) is 6.92 Å². The molecule has 3 fully saturated rings. The fraction of sp³-hybridized carbons (Fsp3) is 0.677. The first-order chi connectivity index (χ1) is 18.0. The molecule has 0 bridgehead atoms. The Morgan fingerprint density at radius 2 is 1.58 bits per heavy atom. The molecule has 5 rings (SSSR count). The Morgan fingerprint density at radius 1 is 0.895 bits per heavy atom. The Kier molecular flexibility index (Phi) is 6.72. The number of ether oxygens (including phenoxy) is 3. The number of fused-ring (bicyclic) bond motifs is 7. The van der Waals surface area contributed by atoms with Crippen LogP contribution in [0.5, 0.6) is 0 Å². The normalized spacial score (nSPS) is 37.7. The molecule has 0 N–H and O–H groups in total. The monoisotopic (exact) mass is 524 g/mol. The number of rotatable bonds is 4. The van der Waals surface area contributed by atoms with Crippen molar-refractivity contribution in [1.29, 1.82) is 0 Å². The van der Waals surface area contributed by atoms with E-state index in [0.29, 0.717) is 23.0 Å². The summed E-state index contributed by atoms with van der Waals surface area (Å²) in [5.41, 5.74) is 3.63. The van der Waals surface area contributed by atoms with Gasteiger partial charge in [-0.2, -0.15) is 0 Å². The standard InChI is InChI=1S/C31H40O7/c1-16(32)21-14-23(28(34)36-5)26(29(35)37-6)22-15-25-20-8-7-18-13-19(38-17(2)33)9-11-30(18,3)24(20)10-12-31(25,4)27(21)22/h7,19-20,22,24-25H,8-15H2,1-6H3/t19-,20-,22-,24+,25+,30-,31-/m0/s1. The molecule has 0 heterocycles. The highest BCUT2D eigenvalue weighted by molar-refractivity contribution is 6.06. The highest BCUT2D eigenvalue weighted by atomic mass is 16.5. The summed E-state index contributed by atoms with van der Waals surface area (Å²) in [5, 5.41) is 0. The molecule has 0 unspecified atom stereocenters. The Morgan fingerprint density at radius 3 is 2.21 bits per heavy atom. The number of ketones is 1. The van der Waals surface area contributed by atoms with E-state index >= 15 is 0 Å². The van der Waals surface area contributed by atoms with E-state index in [0.717, 1.165) is 50.5 Å². The predicted molar refractivity (Wildman–Crippen MR) is 140 cm³/mol. The van der Waals surface area contributed by atoms with Gasteiger partial charge in [-0.3, -0.25) is 9.59 Å². The second kappa shape index (κ2) is 9.49. The summed E-state index contributed by atoms with van der Waals surface area (Å²) < 4.78 is 15.8. The molecule has 38 heavy (non-hydrogen) atoms. The molecule has 0 amide bonds. The third-order valence-electron chi connectivity index (χ3n) is 10.8. The van der Waals surface area contributed by atoms with Gasteiger partial charge in [-0.1, -0.05) is 25.5 Å². The van der Waals surface area contributed by atoms with Gasteiger partial charge in [0.1, 0.15) is 6.10 Å². The Bertz CT molecular complexity index is 1190. The first-order valence-corrected chi connectivity index (χ1v) is 14.0. The van der Waals surface area contributed by atoms with E-state index in [9.17, 15) is 19.2 Å². The number of Topliss-reactive ketones (excluding diaryl/α,β-unsaturated/α-hetero) is 1. The van der Waals surface area contributed by atoms with Crippen molar-refractivity contribution in [2.24, 2.45) is 34.5 Å². The van der Waals surface area contributed by atoms with Crippen LogP contribution in [-0.4, -0.2) is 44.0 Å². The second-order valence-electron chi connectivity index (χ2n) is 12.5. The largest absolute Gasteiger partial charge is 0.466 e. The second-order valence-corrected chi connectivity index (χ2v) is 12.5. The molecule has 7 nitrogen and oxygen atoms in total. The number of esters is 3. The van der Waals surface area contributed by atoms with Crippen molar-refractivity contribution in [3.05, 3.63) is 33.9 Å². The number of carbonyl (C=O) groups is 4. The molecule has 0 radical (unpaired) electrons. The van der Waals surface area contributed by atoms with Crippen LogP contribution in [0.1, 0.15) is 79.1 Å². The van der Waals surface area contributed by atoms with Gasteiger partial charge in [0, 0.05) is 25.7 Å². The Hall–Kier alpha value is -2.70. The van der Waals surface area contributed by atoms with Crippen molar-refractivity contribution in [3.63, 3.8) is 0 Å². The topological polar surface area (TPSA) is 96.0 Å². The van der Waals surface area contributed by atoms with Crippen LogP contribution >= 0.6 is 0 Å². The van der Waals surface area contributed by atoms with Crippen LogP contribution in [0.2, 0.25) is 0 Å². The molecule has 0 saturated heterocycles. The average molecular weight is 525 g/mol. The van der Waals surface area contributed by atoms with Gasteiger partial charge in [0.25, 0.3) is 0 Å². The fourth-order valence-electron chi connectivity index (χ4n) is 9.21. The van der Waals surface area contributed by atoms with E-state index in [4.69, 9.17) is 14.2 Å². The minimum Gasteiger partial charge on any atom is -0.466 e. The molecule has 0 spiro atoms. The van der Waals surface area contributed by atoms with Crippen molar-refractivity contribution in [3.8, 4) is 0 Å². The molecule has 206 valence electrons. The summed E-state index contributed by atoms with van der Waals surface area (Å²) in [5.74, 6) is -0.445. The van der Waals surface area contributed by atoms with E-state index in [-0.39, 0.29) is 52.5 Å². The maximum absolute atomic E-state index is 13.1. The lowest BCUT2D eigenvalue weighted by Crippen LogP contribution is -2.50. The third kappa shape index (κ3) is 3.91. The lowest BCUT2D eigenvalue weighted by molar-refractivity contribution is -0.148. The van der Waals surface area contributed by atoms with Crippen LogP contribution < -0.4 is 0 Å². The van der Waals surface area contributed by atoms with Crippen molar-refractivity contribution in [1.82, 2.24) is 0 Å². The summed E-state index contributed by atoms with van der Waals surface area (Å²) in [7, 11) is 2.65. The van der Waals surface area contributed by atoms with Gasteiger partial charge in [-0.05, 0) is 85.2 Å². The first-order valence-electron chi connectivity index (χ1n) is 14.0. The number of hydrogen-bond acceptors (Lipinski definition) is 7. The predicted octanol–water partition coefficient (Wildman–Crippen LogP) is 5.04. The fourth-order valence-corrected chi connectivity index (χ4v) is 9.21. The van der Waals surface area contributed by atoms with Gasteiger partial charge in [-0.25, -0.2) is 9.59 Å². The smallest absolute Gasteiger partial charge is 0.334 e. The van der Waals surface area contributed by atoms with Gasteiger partial charge in [0.2, 0.25) is 0 Å². The molecule has 0 aromatic heterocycles. The molecule has 0 aromatic rings. The minimum absolute atomic E-state index is 0.0408. The van der Waals surface area contributed by atoms with Crippen LogP contribution in [0.3, 0.4) is 0 Å². The quantitative estimate of drug-likeness (QED) is 0.289. The van der Waals surface area contributed by atoms with Crippen LogP contribution in [0.15, 0.2) is 33.9 Å². The van der Waals surface area contributed by atoms with Gasteiger partial charge >= 0.3 is 17.9 Å². The highest BCUT2D eigenvalue weighted by Gasteiger charge is 2.62. The summed E-state index contributed by atoms with van der Waals surface area (Å²) in [6.45, 7) is 7.72. The number of methoxy groups -OCH3 is 2. The molecule has 5 aliphatic carbocycles. The minimum atomic E-state index is -0.566. The zero-order valence-electron chi connectivity index (χ0n) is 23.5. The van der Waals surface area contributed by atoms with E-state index < -0.39 is 11.9 Å². The van der Waals surface area contributed by atoms with Gasteiger partial charge < -0.3 is 14.2 Å². The summed E-state index contributed by atoms with van der Waals surface area (Å²) in [6.07, 6.45) is 8.80. The first kappa shape index (κ1) is 26.9. The van der Waals surface area contributed by atoms with Gasteiger partial charge in [0.15, 0.2) is 5.78 Å².